The number of aromatic nitrogens is 5. The van der Waals surface area contributed by atoms with E-state index < -0.39 is 0 Å². The molecule has 0 aliphatic heterocycles. The van der Waals surface area contributed by atoms with Gasteiger partial charge in [-0.3, -0.25) is 4.79 Å². The van der Waals surface area contributed by atoms with E-state index in [4.69, 9.17) is 16.2 Å². The van der Waals surface area contributed by atoms with Crippen LogP contribution in [0.3, 0.4) is 0 Å². The van der Waals surface area contributed by atoms with Crippen molar-refractivity contribution < 1.29 is 4.74 Å². The molecule has 176 valence electrons. The molecule has 0 aliphatic rings. The molecule has 10 nitrogen and oxygen atoms in total. The van der Waals surface area contributed by atoms with Crippen LogP contribution in [0.15, 0.2) is 47.7 Å². The zero-order valence-electron chi connectivity index (χ0n) is 19.6. The smallest absolute Gasteiger partial charge is 0.316 e. The number of benzene rings is 1. The number of rotatable bonds is 7. The lowest BCUT2D eigenvalue weighted by atomic mass is 9.99. The Balaban J connectivity index is 1.86. The van der Waals surface area contributed by atoms with E-state index in [9.17, 15) is 4.79 Å². The molecule has 0 bridgehead atoms. The number of methoxy groups -OCH3 is 1. The first-order chi connectivity index (χ1) is 16.3. The highest BCUT2D eigenvalue weighted by Gasteiger charge is 2.20. The summed E-state index contributed by atoms with van der Waals surface area (Å²) in [5.41, 5.74) is 14.6. The Labute approximate surface area is 197 Å². The zero-order valence-corrected chi connectivity index (χ0v) is 19.6. The molecule has 34 heavy (non-hydrogen) atoms. The van der Waals surface area contributed by atoms with Gasteiger partial charge in [-0.1, -0.05) is 18.2 Å². The van der Waals surface area contributed by atoms with Gasteiger partial charge < -0.3 is 26.1 Å². The first-order valence-electron chi connectivity index (χ1n) is 11.0. The van der Waals surface area contributed by atoms with Crippen LogP contribution in [0.1, 0.15) is 44.1 Å². The van der Waals surface area contributed by atoms with Gasteiger partial charge in [-0.25, -0.2) is 15.0 Å². The van der Waals surface area contributed by atoms with E-state index in [1.165, 1.54) is 7.11 Å². The Hall–Kier alpha value is -4.05. The average Bonchev–Trinajstić information content (AvgIpc) is 2.83. The van der Waals surface area contributed by atoms with Crippen molar-refractivity contribution in [2.75, 3.05) is 18.2 Å². The Morgan fingerprint density at radius 2 is 1.85 bits per heavy atom. The van der Waals surface area contributed by atoms with E-state index in [1.807, 2.05) is 45.0 Å². The molecule has 0 saturated carbocycles. The molecule has 10 heteroatoms. The minimum Gasteiger partial charge on any atom is -0.467 e. The molecular weight excluding hydrogens is 432 g/mol. The highest BCUT2D eigenvalue weighted by atomic mass is 16.5. The van der Waals surface area contributed by atoms with Gasteiger partial charge in [0.2, 0.25) is 5.95 Å². The van der Waals surface area contributed by atoms with E-state index in [0.717, 1.165) is 27.8 Å². The van der Waals surface area contributed by atoms with Crippen LogP contribution in [0, 0.1) is 0 Å². The van der Waals surface area contributed by atoms with Gasteiger partial charge in [-0.05, 0) is 37.8 Å². The van der Waals surface area contributed by atoms with E-state index in [0.29, 0.717) is 11.2 Å². The van der Waals surface area contributed by atoms with Crippen molar-refractivity contribution in [3.8, 4) is 17.1 Å². The maximum absolute atomic E-state index is 13.8. The molecule has 4 aromatic rings. The normalized spacial score (nSPS) is 12.2. The van der Waals surface area contributed by atoms with Crippen LogP contribution >= 0.6 is 0 Å². The number of hydrogen-bond donors (Lipinski definition) is 3. The second kappa shape index (κ2) is 9.44. The van der Waals surface area contributed by atoms with Gasteiger partial charge in [-0.2, -0.15) is 4.98 Å². The lowest BCUT2D eigenvalue weighted by Gasteiger charge is -2.24. The number of nitrogens with zero attached hydrogens (tertiary/aromatic N) is 5. The maximum Gasteiger partial charge on any atom is 0.316 e. The van der Waals surface area contributed by atoms with Crippen molar-refractivity contribution >= 4 is 22.5 Å². The summed E-state index contributed by atoms with van der Waals surface area (Å²) in [6.45, 7) is 6.20. The molecule has 0 amide bonds. The summed E-state index contributed by atoms with van der Waals surface area (Å²) in [7, 11) is 1.51. The number of anilines is 2. The highest BCUT2D eigenvalue weighted by molar-refractivity contribution is 5.96. The first kappa shape index (κ1) is 23.1. The topological polar surface area (TPSA) is 147 Å². The summed E-state index contributed by atoms with van der Waals surface area (Å²) < 4.78 is 6.85. The molecule has 0 saturated heterocycles. The van der Waals surface area contributed by atoms with Crippen LogP contribution in [0.4, 0.5) is 11.8 Å². The summed E-state index contributed by atoms with van der Waals surface area (Å²) in [4.78, 5) is 30.6. The highest BCUT2D eigenvalue weighted by Crippen LogP contribution is 2.30. The standard InChI is InChI=1S/C24H28N8O2/c1-13(2)32-19(14(3)30-21-16(9-25)10-27-23(26)31-21)8-15-6-5-7-18(20(15)22(32)33)17-11-28-24(34-4)29-12-17/h5-8,10-14H,9,25H2,1-4H3,(H3,26,27,30,31)/t14-/m0/s1. The monoisotopic (exact) mass is 460 g/mol. The van der Waals surface area contributed by atoms with E-state index in [1.54, 1.807) is 23.2 Å². The second-order valence-corrected chi connectivity index (χ2v) is 8.24. The summed E-state index contributed by atoms with van der Waals surface area (Å²) in [6.07, 6.45) is 4.92. The zero-order chi connectivity index (χ0) is 24.4. The van der Waals surface area contributed by atoms with Crippen molar-refractivity contribution in [3.63, 3.8) is 0 Å². The van der Waals surface area contributed by atoms with Crippen LogP contribution in [0.25, 0.3) is 21.9 Å². The summed E-state index contributed by atoms with van der Waals surface area (Å²) in [6, 6.07) is 7.70. The number of nitrogen functional groups attached to an aromatic ring is 1. The van der Waals surface area contributed by atoms with E-state index >= 15 is 0 Å². The third-order valence-corrected chi connectivity index (χ3v) is 5.65. The van der Waals surface area contributed by atoms with Gasteiger partial charge >= 0.3 is 6.01 Å². The lowest BCUT2D eigenvalue weighted by molar-refractivity contribution is 0.380. The molecule has 0 radical (unpaired) electrons. The third kappa shape index (κ3) is 4.27. The first-order valence-corrected chi connectivity index (χ1v) is 11.0. The van der Waals surface area contributed by atoms with Crippen LogP contribution in [-0.2, 0) is 6.54 Å². The molecular formula is C24H28N8O2. The number of hydrogen-bond acceptors (Lipinski definition) is 9. The van der Waals surface area contributed by atoms with Crippen molar-refractivity contribution in [1.82, 2.24) is 24.5 Å². The molecule has 4 rings (SSSR count). The molecule has 5 N–H and O–H groups in total. The number of fused-ring (bicyclic) bond motifs is 1. The lowest BCUT2D eigenvalue weighted by Crippen LogP contribution is -2.29. The summed E-state index contributed by atoms with van der Waals surface area (Å²) >= 11 is 0. The molecule has 0 spiro atoms. The Morgan fingerprint density at radius 1 is 1.12 bits per heavy atom. The molecule has 0 aliphatic carbocycles. The van der Waals surface area contributed by atoms with Crippen LogP contribution in [-0.4, -0.2) is 31.6 Å². The van der Waals surface area contributed by atoms with Crippen LogP contribution in [0.2, 0.25) is 0 Å². The Kier molecular flexibility index (Phi) is 6.42. The van der Waals surface area contributed by atoms with Gasteiger partial charge in [0, 0.05) is 48.0 Å². The largest absolute Gasteiger partial charge is 0.467 e. The summed E-state index contributed by atoms with van der Waals surface area (Å²) in [5.74, 6) is 0.701. The van der Waals surface area contributed by atoms with Crippen molar-refractivity contribution in [2.45, 2.75) is 39.4 Å². The fraction of sp³-hybridized carbons (Fsp3) is 0.292. The average molecular weight is 461 g/mol. The second-order valence-electron chi connectivity index (χ2n) is 8.24. The van der Waals surface area contributed by atoms with Gasteiger partial charge in [0.25, 0.3) is 5.56 Å². The number of nitrogens with one attached hydrogen (secondary N) is 1. The predicted molar refractivity (Wildman–Crippen MR) is 133 cm³/mol. The molecule has 3 aromatic heterocycles. The van der Waals surface area contributed by atoms with Crippen molar-refractivity contribution in [2.24, 2.45) is 5.73 Å². The van der Waals surface area contributed by atoms with E-state index in [-0.39, 0.29) is 36.1 Å². The van der Waals surface area contributed by atoms with Gasteiger partial charge in [0.05, 0.1) is 18.5 Å². The molecule has 1 aromatic carbocycles. The number of pyridine rings is 1. The van der Waals surface area contributed by atoms with Crippen molar-refractivity contribution in [1.29, 1.82) is 0 Å². The van der Waals surface area contributed by atoms with Crippen LogP contribution < -0.4 is 27.1 Å². The minimum atomic E-state index is -0.257. The Morgan fingerprint density at radius 3 is 2.50 bits per heavy atom. The molecule has 3 heterocycles. The number of nitrogens with two attached hydrogens (primary N) is 2. The van der Waals surface area contributed by atoms with Crippen LogP contribution in [0.5, 0.6) is 6.01 Å². The predicted octanol–water partition coefficient (Wildman–Crippen LogP) is 3.05. The quantitative estimate of drug-likeness (QED) is 0.378. The fourth-order valence-electron chi connectivity index (χ4n) is 4.04. The minimum absolute atomic E-state index is 0.0826. The fourth-order valence-corrected chi connectivity index (χ4v) is 4.04. The molecule has 0 unspecified atom stereocenters. The number of ether oxygens (including phenoxy) is 1. The van der Waals surface area contributed by atoms with Crippen molar-refractivity contribution in [3.05, 3.63) is 64.5 Å². The molecule has 1 atom stereocenters. The summed E-state index contributed by atoms with van der Waals surface area (Å²) in [5, 5.41) is 4.79. The van der Waals surface area contributed by atoms with Gasteiger partial charge in [0.15, 0.2) is 0 Å². The van der Waals surface area contributed by atoms with Gasteiger partial charge in [-0.15, -0.1) is 0 Å². The van der Waals surface area contributed by atoms with Gasteiger partial charge in [0.1, 0.15) is 5.82 Å². The maximum atomic E-state index is 13.8. The Bertz CT molecular complexity index is 1380. The third-order valence-electron chi connectivity index (χ3n) is 5.65. The molecule has 0 fully saturated rings. The van der Waals surface area contributed by atoms with E-state index in [2.05, 4.69) is 25.3 Å². The SMILES string of the molecule is COc1ncc(-c2cccc3cc([C@H](C)Nc4nc(N)ncc4CN)n(C(C)C)c(=O)c23)cn1.